The normalized spacial score (nSPS) is 12.0. The highest BCUT2D eigenvalue weighted by Gasteiger charge is 2.17. The third-order valence-corrected chi connectivity index (χ3v) is 4.63. The predicted octanol–water partition coefficient (Wildman–Crippen LogP) is 5.25. The second-order valence-electron chi connectivity index (χ2n) is 6.58. The zero-order chi connectivity index (χ0) is 20.2. The molecule has 0 unspecified atom stereocenters. The van der Waals surface area contributed by atoms with Gasteiger partial charge in [0.25, 0.3) is 0 Å². The number of halogens is 2. The molecule has 0 saturated carbocycles. The molecular formula is C22H19F2N5. The summed E-state index contributed by atoms with van der Waals surface area (Å²) in [5.74, 6) is 0.0826. The van der Waals surface area contributed by atoms with Gasteiger partial charge in [0.15, 0.2) is 6.80 Å². The first-order valence-electron chi connectivity index (χ1n) is 9.17. The van der Waals surface area contributed by atoms with Crippen LogP contribution in [0.25, 0.3) is 22.6 Å². The maximum Gasteiger partial charge on any atom is 0.223 e. The molecule has 1 N–H and O–H groups in total. The van der Waals surface area contributed by atoms with Crippen LogP contribution in [0.15, 0.2) is 73.2 Å². The molecule has 0 bridgehead atoms. The van der Waals surface area contributed by atoms with Gasteiger partial charge in [-0.1, -0.05) is 30.3 Å². The minimum Gasteiger partial charge on any atom is -0.348 e. The van der Waals surface area contributed by atoms with Crippen molar-refractivity contribution < 1.29 is 8.78 Å². The number of nitrogens with zero attached hydrogens (tertiary/aromatic N) is 4. The van der Waals surface area contributed by atoms with Crippen LogP contribution in [-0.4, -0.2) is 19.5 Å². The van der Waals surface area contributed by atoms with Crippen molar-refractivity contribution in [2.75, 3.05) is 5.32 Å². The van der Waals surface area contributed by atoms with Crippen molar-refractivity contribution in [3.63, 3.8) is 0 Å². The Morgan fingerprint density at radius 3 is 2.48 bits per heavy atom. The van der Waals surface area contributed by atoms with Gasteiger partial charge in [-0.3, -0.25) is 4.57 Å². The molecule has 0 aliphatic heterocycles. The molecule has 4 rings (SSSR count). The van der Waals surface area contributed by atoms with Crippen LogP contribution >= 0.6 is 0 Å². The smallest absolute Gasteiger partial charge is 0.223 e. The molecule has 5 nitrogen and oxygen atoms in total. The number of hydrogen-bond donors (Lipinski definition) is 1. The van der Waals surface area contributed by atoms with Crippen LogP contribution < -0.4 is 5.32 Å². The SMILES string of the molecule is C[C@@H](Nc1nccc(-c2c(-c3ccc(F)cc3)ncn2CF)n1)c1ccccc1. The number of rotatable bonds is 6. The Balaban J connectivity index is 1.69. The first-order chi connectivity index (χ1) is 14.2. The molecule has 1 atom stereocenters. The molecule has 0 aliphatic carbocycles. The van der Waals surface area contributed by atoms with E-state index in [0.717, 1.165) is 5.56 Å². The summed E-state index contributed by atoms with van der Waals surface area (Å²) >= 11 is 0. The Bertz CT molecular complexity index is 1090. The zero-order valence-corrected chi connectivity index (χ0v) is 15.8. The van der Waals surface area contributed by atoms with Crippen LogP contribution in [0.1, 0.15) is 18.5 Å². The van der Waals surface area contributed by atoms with Gasteiger partial charge in [-0.2, -0.15) is 0 Å². The Kier molecular flexibility index (Phi) is 5.29. The summed E-state index contributed by atoms with van der Waals surface area (Å²) in [6.45, 7) is 1.26. The van der Waals surface area contributed by atoms with E-state index in [1.54, 1.807) is 24.4 Å². The molecule has 0 amide bonds. The summed E-state index contributed by atoms with van der Waals surface area (Å²) in [4.78, 5) is 13.2. The van der Waals surface area contributed by atoms with Crippen molar-refractivity contribution in [1.29, 1.82) is 0 Å². The van der Waals surface area contributed by atoms with Gasteiger partial charge >= 0.3 is 0 Å². The number of nitrogens with one attached hydrogen (secondary N) is 1. The predicted molar refractivity (Wildman–Crippen MR) is 108 cm³/mol. The molecule has 0 radical (unpaired) electrons. The highest BCUT2D eigenvalue weighted by molar-refractivity contribution is 5.77. The molecule has 7 heteroatoms. The minimum absolute atomic E-state index is 0.00546. The van der Waals surface area contributed by atoms with Gasteiger partial charge in [-0.25, -0.2) is 23.7 Å². The van der Waals surface area contributed by atoms with E-state index in [9.17, 15) is 8.78 Å². The zero-order valence-electron chi connectivity index (χ0n) is 15.8. The third-order valence-electron chi connectivity index (χ3n) is 4.63. The van der Waals surface area contributed by atoms with Crippen molar-refractivity contribution in [3.8, 4) is 22.6 Å². The van der Waals surface area contributed by atoms with E-state index in [2.05, 4.69) is 20.3 Å². The van der Waals surface area contributed by atoms with Gasteiger partial charge in [-0.05, 0) is 42.8 Å². The van der Waals surface area contributed by atoms with Crippen molar-refractivity contribution >= 4 is 5.95 Å². The van der Waals surface area contributed by atoms with E-state index in [4.69, 9.17) is 0 Å². The van der Waals surface area contributed by atoms with Gasteiger partial charge in [-0.15, -0.1) is 0 Å². The number of hydrogen-bond acceptors (Lipinski definition) is 4. The number of benzene rings is 2. The molecule has 146 valence electrons. The first-order valence-corrected chi connectivity index (χ1v) is 9.17. The number of aromatic nitrogens is 4. The standard InChI is InChI=1S/C22H19F2N5/c1-15(16-5-3-2-4-6-16)27-22-25-12-11-19(28-22)21-20(26-14-29(21)13-23)17-7-9-18(24)10-8-17/h2-12,14-15H,13H2,1H3,(H,25,27,28)/t15-/m1/s1. The summed E-state index contributed by atoms with van der Waals surface area (Å²) in [6, 6.07) is 17.6. The summed E-state index contributed by atoms with van der Waals surface area (Å²) in [6.07, 6.45) is 3.03. The van der Waals surface area contributed by atoms with Gasteiger partial charge in [0, 0.05) is 11.8 Å². The average molecular weight is 391 g/mol. The number of alkyl halides is 1. The summed E-state index contributed by atoms with van der Waals surface area (Å²) in [5.41, 5.74) is 3.35. The van der Waals surface area contributed by atoms with E-state index in [1.165, 1.54) is 23.0 Å². The number of anilines is 1. The van der Waals surface area contributed by atoms with Crippen molar-refractivity contribution in [2.45, 2.75) is 19.8 Å². The highest BCUT2D eigenvalue weighted by Crippen LogP contribution is 2.31. The third kappa shape index (κ3) is 3.99. The van der Waals surface area contributed by atoms with E-state index in [1.807, 2.05) is 37.3 Å². The van der Waals surface area contributed by atoms with Crippen LogP contribution in [0.3, 0.4) is 0 Å². The highest BCUT2D eigenvalue weighted by atomic mass is 19.1. The molecule has 2 heterocycles. The topological polar surface area (TPSA) is 55.6 Å². The maximum absolute atomic E-state index is 13.6. The molecule has 2 aromatic heterocycles. The van der Waals surface area contributed by atoms with Gasteiger partial charge in [0.05, 0.1) is 29.5 Å². The lowest BCUT2D eigenvalue weighted by atomic mass is 10.1. The maximum atomic E-state index is 13.6. The monoisotopic (exact) mass is 391 g/mol. The van der Waals surface area contributed by atoms with Gasteiger partial charge < -0.3 is 5.32 Å². The molecule has 4 aromatic rings. The van der Waals surface area contributed by atoms with Crippen molar-refractivity contribution in [3.05, 3.63) is 84.6 Å². The Labute approximate surface area is 167 Å². The van der Waals surface area contributed by atoms with Crippen molar-refractivity contribution in [2.24, 2.45) is 0 Å². The van der Waals surface area contributed by atoms with Gasteiger partial charge in [0.2, 0.25) is 5.95 Å². The molecular weight excluding hydrogens is 372 g/mol. The number of imidazole rings is 1. The Morgan fingerprint density at radius 2 is 1.76 bits per heavy atom. The lowest BCUT2D eigenvalue weighted by Crippen LogP contribution is -2.10. The second kappa shape index (κ2) is 8.18. The van der Waals surface area contributed by atoms with E-state index in [-0.39, 0.29) is 11.9 Å². The average Bonchev–Trinajstić information content (AvgIpc) is 3.19. The summed E-state index contributed by atoms with van der Waals surface area (Å²) in [5, 5.41) is 3.27. The fourth-order valence-corrected chi connectivity index (χ4v) is 3.14. The van der Waals surface area contributed by atoms with Crippen molar-refractivity contribution in [1.82, 2.24) is 19.5 Å². The molecule has 2 aromatic carbocycles. The largest absolute Gasteiger partial charge is 0.348 e. The van der Waals surface area contributed by atoms with E-state index in [0.29, 0.717) is 28.6 Å². The lowest BCUT2D eigenvalue weighted by Gasteiger charge is -2.15. The second-order valence-corrected chi connectivity index (χ2v) is 6.58. The molecule has 0 fully saturated rings. The summed E-state index contributed by atoms with van der Waals surface area (Å²) < 4.78 is 28.3. The fraction of sp³-hybridized carbons (Fsp3) is 0.136. The molecule has 0 saturated heterocycles. The minimum atomic E-state index is -0.753. The quantitative estimate of drug-likeness (QED) is 0.488. The molecule has 0 aliphatic rings. The molecule has 29 heavy (non-hydrogen) atoms. The van der Waals surface area contributed by atoms with E-state index >= 15 is 0 Å². The molecule has 0 spiro atoms. The van der Waals surface area contributed by atoms with Crippen LogP contribution in [0.5, 0.6) is 0 Å². The Hall–Kier alpha value is -3.61. The van der Waals surface area contributed by atoms with Crippen LogP contribution in [0, 0.1) is 5.82 Å². The fourth-order valence-electron chi connectivity index (χ4n) is 3.14. The Morgan fingerprint density at radius 1 is 1.00 bits per heavy atom. The van der Waals surface area contributed by atoms with Gasteiger partial charge in [0.1, 0.15) is 5.82 Å². The van der Waals surface area contributed by atoms with Crippen LogP contribution in [0.4, 0.5) is 14.7 Å². The van der Waals surface area contributed by atoms with E-state index < -0.39 is 6.80 Å². The lowest BCUT2D eigenvalue weighted by molar-refractivity contribution is 0.379. The van der Waals surface area contributed by atoms with Crippen LogP contribution in [0.2, 0.25) is 0 Å². The first kappa shape index (κ1) is 18.7. The summed E-state index contributed by atoms with van der Waals surface area (Å²) in [7, 11) is 0. The van der Waals surface area contributed by atoms with Crippen LogP contribution in [-0.2, 0) is 6.80 Å².